The van der Waals surface area contributed by atoms with Gasteiger partial charge in [-0.3, -0.25) is 4.79 Å². The number of carbonyl (C=O) groups excluding carboxylic acids is 1. The largest absolute Gasteiger partial charge is 0.497 e. The molecule has 0 atom stereocenters. The molecule has 144 valence electrons. The van der Waals surface area contributed by atoms with Gasteiger partial charge in [0, 0.05) is 5.56 Å². The number of benzene rings is 3. The van der Waals surface area contributed by atoms with Crippen LogP contribution in [0.15, 0.2) is 66.7 Å². The number of methoxy groups -OCH3 is 1. The number of rotatable bonds is 5. The number of Topliss-reactive ketones (excluding diaryl/α,β-unsaturated/α-hetero) is 1. The smallest absolute Gasteiger partial charge is 0.196 e. The van der Waals surface area contributed by atoms with Crippen LogP contribution in [-0.4, -0.2) is 22.9 Å². The van der Waals surface area contributed by atoms with E-state index in [1.54, 1.807) is 31.4 Å². The fraction of sp³-hybridized carbons (Fsp3) is 0.120. The number of aryl methyl sites for hydroxylation is 2. The van der Waals surface area contributed by atoms with Crippen molar-refractivity contribution >= 4 is 28.5 Å². The monoisotopic (exact) mass is 382 g/mol. The van der Waals surface area contributed by atoms with Crippen LogP contribution in [0.1, 0.15) is 32.9 Å². The van der Waals surface area contributed by atoms with Crippen molar-refractivity contribution in [1.82, 2.24) is 9.97 Å². The van der Waals surface area contributed by atoms with Gasteiger partial charge in [-0.15, -0.1) is 0 Å². The number of fused-ring (bicyclic) bond motifs is 1. The van der Waals surface area contributed by atoms with Crippen molar-refractivity contribution in [1.29, 1.82) is 0 Å². The van der Waals surface area contributed by atoms with Gasteiger partial charge >= 0.3 is 0 Å². The van der Waals surface area contributed by atoms with Crippen LogP contribution in [0.3, 0.4) is 0 Å². The summed E-state index contributed by atoms with van der Waals surface area (Å²) < 4.78 is 5.21. The van der Waals surface area contributed by atoms with Gasteiger partial charge in [-0.1, -0.05) is 35.9 Å². The van der Waals surface area contributed by atoms with Gasteiger partial charge in [0.2, 0.25) is 0 Å². The molecule has 0 unspecified atom stereocenters. The number of aromatic amines is 1. The molecule has 1 N–H and O–H groups in total. The average Bonchev–Trinajstić information content (AvgIpc) is 3.16. The minimum atomic E-state index is -0.0910. The minimum Gasteiger partial charge on any atom is -0.497 e. The van der Waals surface area contributed by atoms with E-state index in [1.165, 1.54) is 5.56 Å². The maximum Gasteiger partial charge on any atom is 0.196 e. The molecule has 3 aromatic carbocycles. The van der Waals surface area contributed by atoms with E-state index in [0.717, 1.165) is 22.2 Å². The van der Waals surface area contributed by atoms with Crippen LogP contribution >= 0.6 is 0 Å². The van der Waals surface area contributed by atoms with Gasteiger partial charge in [0.1, 0.15) is 11.6 Å². The zero-order valence-electron chi connectivity index (χ0n) is 16.7. The highest BCUT2D eigenvalue weighted by atomic mass is 16.5. The first-order valence-corrected chi connectivity index (χ1v) is 9.48. The molecule has 0 radical (unpaired) electrons. The van der Waals surface area contributed by atoms with Crippen LogP contribution in [0.5, 0.6) is 5.75 Å². The van der Waals surface area contributed by atoms with Gasteiger partial charge in [0.25, 0.3) is 0 Å². The molecule has 0 amide bonds. The van der Waals surface area contributed by atoms with Gasteiger partial charge in [-0.2, -0.15) is 0 Å². The van der Waals surface area contributed by atoms with Crippen molar-refractivity contribution in [3.8, 4) is 5.75 Å². The molecule has 0 spiro atoms. The van der Waals surface area contributed by atoms with Crippen LogP contribution in [0.25, 0.3) is 22.7 Å². The quantitative estimate of drug-likeness (QED) is 0.360. The van der Waals surface area contributed by atoms with Crippen molar-refractivity contribution < 1.29 is 9.53 Å². The Morgan fingerprint density at radius 3 is 2.45 bits per heavy atom. The molecular weight excluding hydrogens is 360 g/mol. The number of hydrogen-bond donors (Lipinski definition) is 1. The van der Waals surface area contributed by atoms with Gasteiger partial charge in [-0.05, 0) is 67.4 Å². The highest BCUT2D eigenvalue weighted by molar-refractivity contribution is 6.32. The molecule has 1 heterocycles. The Morgan fingerprint density at radius 1 is 1.00 bits per heavy atom. The lowest BCUT2D eigenvalue weighted by Crippen LogP contribution is -2.05. The summed E-state index contributed by atoms with van der Waals surface area (Å²) >= 11 is 0. The predicted molar refractivity (Wildman–Crippen MR) is 117 cm³/mol. The van der Waals surface area contributed by atoms with Gasteiger partial charge < -0.3 is 9.72 Å². The molecule has 0 bridgehead atoms. The molecule has 0 saturated carbocycles. The number of H-pyrrole nitrogens is 1. The van der Waals surface area contributed by atoms with E-state index in [0.29, 0.717) is 22.7 Å². The van der Waals surface area contributed by atoms with E-state index in [1.807, 2.05) is 49.4 Å². The lowest BCUT2D eigenvalue weighted by Gasteiger charge is -2.08. The number of para-hydroxylation sites is 2. The second kappa shape index (κ2) is 7.76. The van der Waals surface area contributed by atoms with Gasteiger partial charge in [0.05, 0.1) is 23.7 Å². The summed E-state index contributed by atoms with van der Waals surface area (Å²) in [5, 5.41) is 0. The lowest BCUT2D eigenvalue weighted by atomic mass is 9.97. The first-order valence-electron chi connectivity index (χ1n) is 9.48. The van der Waals surface area contributed by atoms with Gasteiger partial charge in [-0.25, -0.2) is 4.98 Å². The number of imidazole rings is 1. The molecule has 0 fully saturated rings. The SMILES string of the molecule is COc1ccc(C(=O)/C(=C/c2ccc(C)cc2C)c2nc3ccccc3[nH]2)cc1. The fourth-order valence-electron chi connectivity index (χ4n) is 3.36. The van der Waals surface area contributed by atoms with Crippen LogP contribution < -0.4 is 4.74 Å². The number of hydrogen-bond acceptors (Lipinski definition) is 3. The van der Waals surface area contributed by atoms with E-state index in [-0.39, 0.29) is 5.78 Å². The van der Waals surface area contributed by atoms with E-state index in [9.17, 15) is 4.79 Å². The average molecular weight is 382 g/mol. The molecule has 0 aliphatic rings. The lowest BCUT2D eigenvalue weighted by molar-refractivity contribution is 0.105. The molecule has 1 aromatic heterocycles. The zero-order chi connectivity index (χ0) is 20.4. The van der Waals surface area contributed by atoms with Crippen molar-refractivity contribution in [3.05, 3.63) is 94.8 Å². The summed E-state index contributed by atoms with van der Waals surface area (Å²) in [4.78, 5) is 21.4. The molecule has 0 aliphatic carbocycles. The fourth-order valence-corrected chi connectivity index (χ4v) is 3.36. The summed E-state index contributed by atoms with van der Waals surface area (Å²) in [6.07, 6.45) is 1.92. The number of ether oxygens (including phenoxy) is 1. The number of carbonyl (C=O) groups is 1. The Morgan fingerprint density at radius 2 is 1.76 bits per heavy atom. The molecule has 29 heavy (non-hydrogen) atoms. The van der Waals surface area contributed by atoms with E-state index in [4.69, 9.17) is 4.74 Å². The zero-order valence-corrected chi connectivity index (χ0v) is 16.7. The molecule has 4 heteroatoms. The van der Waals surface area contributed by atoms with Crippen LogP contribution in [0.4, 0.5) is 0 Å². The molecule has 0 aliphatic heterocycles. The van der Waals surface area contributed by atoms with Crippen molar-refractivity contribution in [2.45, 2.75) is 13.8 Å². The first-order chi connectivity index (χ1) is 14.0. The standard InChI is InChI=1S/C25H22N2O2/c1-16-8-9-19(17(2)14-16)15-21(24(28)18-10-12-20(29-3)13-11-18)25-26-22-6-4-5-7-23(22)27-25/h4-15H,1-3H3,(H,26,27)/b21-15-. The summed E-state index contributed by atoms with van der Waals surface area (Å²) in [6.45, 7) is 4.11. The summed E-state index contributed by atoms with van der Waals surface area (Å²) in [7, 11) is 1.61. The molecule has 0 saturated heterocycles. The summed E-state index contributed by atoms with van der Waals surface area (Å²) in [6, 6.07) is 21.1. The Bertz CT molecular complexity index is 1180. The number of aromatic nitrogens is 2. The highest BCUT2D eigenvalue weighted by Gasteiger charge is 2.18. The van der Waals surface area contributed by atoms with Crippen LogP contribution in [-0.2, 0) is 0 Å². The van der Waals surface area contributed by atoms with Crippen molar-refractivity contribution in [2.24, 2.45) is 0 Å². The van der Waals surface area contributed by atoms with E-state index >= 15 is 0 Å². The predicted octanol–water partition coefficient (Wildman–Crippen LogP) is 5.61. The van der Waals surface area contributed by atoms with E-state index in [2.05, 4.69) is 23.0 Å². The van der Waals surface area contributed by atoms with Gasteiger partial charge in [0.15, 0.2) is 5.78 Å². The number of allylic oxidation sites excluding steroid dienone is 1. The molecule has 4 nitrogen and oxygen atoms in total. The Kier molecular flexibility index (Phi) is 5.00. The third-order valence-electron chi connectivity index (χ3n) is 4.97. The first kappa shape index (κ1) is 18.7. The molecule has 4 rings (SSSR count). The molecular formula is C25H22N2O2. The second-order valence-electron chi connectivity index (χ2n) is 7.08. The highest BCUT2D eigenvalue weighted by Crippen LogP contribution is 2.26. The molecule has 4 aromatic rings. The maximum absolute atomic E-state index is 13.4. The number of nitrogens with zero attached hydrogens (tertiary/aromatic N) is 1. The summed E-state index contributed by atoms with van der Waals surface area (Å²) in [5.41, 5.74) is 6.13. The third kappa shape index (κ3) is 3.83. The number of ketones is 1. The second-order valence-corrected chi connectivity index (χ2v) is 7.08. The normalized spacial score (nSPS) is 11.6. The Hall–Kier alpha value is -3.66. The Labute approximate surface area is 169 Å². The van der Waals surface area contributed by atoms with Crippen molar-refractivity contribution in [3.63, 3.8) is 0 Å². The van der Waals surface area contributed by atoms with Crippen LogP contribution in [0.2, 0.25) is 0 Å². The van der Waals surface area contributed by atoms with E-state index < -0.39 is 0 Å². The summed E-state index contributed by atoms with van der Waals surface area (Å²) in [5.74, 6) is 1.18. The minimum absolute atomic E-state index is 0.0910. The Balaban J connectivity index is 1.85. The third-order valence-corrected chi connectivity index (χ3v) is 4.97. The maximum atomic E-state index is 13.4. The topological polar surface area (TPSA) is 55.0 Å². The number of nitrogens with one attached hydrogen (secondary N) is 1. The van der Waals surface area contributed by atoms with Crippen molar-refractivity contribution in [2.75, 3.05) is 7.11 Å². The van der Waals surface area contributed by atoms with Crippen LogP contribution in [0, 0.1) is 13.8 Å².